The average molecular weight is 450 g/mol. The molecule has 4 rings (SSSR count). The number of carbonyl (C=O) groups excluding carboxylic acids is 1. The Morgan fingerprint density at radius 3 is 2.88 bits per heavy atom. The number of urea groups is 1. The van der Waals surface area contributed by atoms with Crippen molar-refractivity contribution < 1.29 is 9.53 Å². The summed E-state index contributed by atoms with van der Waals surface area (Å²) < 4.78 is 8.54. The van der Waals surface area contributed by atoms with Crippen molar-refractivity contribution in [1.82, 2.24) is 30.0 Å². The van der Waals surface area contributed by atoms with E-state index in [1.54, 1.807) is 24.5 Å². The number of pyridine rings is 1. The van der Waals surface area contributed by atoms with E-state index in [1.165, 1.54) is 0 Å². The van der Waals surface area contributed by atoms with Crippen molar-refractivity contribution >= 4 is 35.8 Å². The van der Waals surface area contributed by atoms with E-state index in [0.717, 1.165) is 21.2 Å². The summed E-state index contributed by atoms with van der Waals surface area (Å²) >= 11 is 4.23. The molecule has 0 saturated heterocycles. The van der Waals surface area contributed by atoms with E-state index in [4.69, 9.17) is 4.74 Å². The molecule has 10 heteroatoms. The lowest BCUT2D eigenvalue weighted by Gasteiger charge is -2.14. The van der Waals surface area contributed by atoms with Crippen LogP contribution < -0.4 is 14.4 Å². The molecule has 0 saturated carbocycles. The maximum atomic E-state index is 12.0. The SMILES string of the molecule is CCNC(=O)N(S)c1ccc2ncc(-c3cnn(Cc4cccc(OCC)c4)c3)nc2n1. The highest BCUT2D eigenvalue weighted by Gasteiger charge is 2.14. The standard InChI is InChI=1S/C22H23N7O2S/c1-3-23-22(30)29(32)20-9-8-18-21(27-20)26-19(12-24-18)16-11-25-28(14-16)13-15-6-5-7-17(10-15)31-4-2/h5-12,14,32H,3-4,13H2,1-2H3,(H,23,30). The van der Waals surface area contributed by atoms with Crippen LogP contribution in [0.25, 0.3) is 22.4 Å². The number of rotatable bonds is 7. The first-order chi connectivity index (χ1) is 15.6. The van der Waals surface area contributed by atoms with Crippen LogP contribution in [0.15, 0.2) is 55.0 Å². The van der Waals surface area contributed by atoms with Crippen LogP contribution in [0.5, 0.6) is 5.75 Å². The van der Waals surface area contributed by atoms with E-state index < -0.39 is 0 Å². The molecular weight excluding hydrogens is 426 g/mol. The highest BCUT2D eigenvalue weighted by Crippen LogP contribution is 2.22. The number of carbonyl (C=O) groups is 1. The number of fused-ring (bicyclic) bond motifs is 1. The van der Waals surface area contributed by atoms with Crippen LogP contribution in [0.2, 0.25) is 0 Å². The van der Waals surface area contributed by atoms with Gasteiger partial charge < -0.3 is 10.1 Å². The van der Waals surface area contributed by atoms with Crippen molar-refractivity contribution in [3.05, 3.63) is 60.6 Å². The smallest absolute Gasteiger partial charge is 0.333 e. The third-order valence-corrected chi connectivity index (χ3v) is 5.00. The van der Waals surface area contributed by atoms with Crippen molar-refractivity contribution in [2.24, 2.45) is 0 Å². The predicted octanol–water partition coefficient (Wildman–Crippen LogP) is 3.72. The van der Waals surface area contributed by atoms with Gasteiger partial charge in [-0.2, -0.15) is 5.10 Å². The number of anilines is 1. The largest absolute Gasteiger partial charge is 0.494 e. The monoisotopic (exact) mass is 449 g/mol. The molecule has 4 aromatic rings. The second kappa shape index (κ2) is 9.65. The molecule has 0 aliphatic rings. The first-order valence-electron chi connectivity index (χ1n) is 10.2. The first kappa shape index (κ1) is 21.6. The highest BCUT2D eigenvalue weighted by atomic mass is 32.1. The zero-order valence-electron chi connectivity index (χ0n) is 17.8. The molecule has 1 aromatic carbocycles. The molecule has 9 nitrogen and oxygen atoms in total. The van der Waals surface area contributed by atoms with Crippen molar-refractivity contribution in [3.63, 3.8) is 0 Å². The fourth-order valence-corrected chi connectivity index (χ4v) is 3.33. The Hall–Kier alpha value is -3.66. The second-order valence-corrected chi connectivity index (χ2v) is 7.32. The molecule has 0 aliphatic carbocycles. The van der Waals surface area contributed by atoms with Crippen LogP contribution in [-0.2, 0) is 6.54 Å². The quantitative estimate of drug-likeness (QED) is 0.418. The van der Waals surface area contributed by atoms with Crippen LogP contribution in [0, 0.1) is 0 Å². The van der Waals surface area contributed by atoms with E-state index in [9.17, 15) is 4.79 Å². The minimum Gasteiger partial charge on any atom is -0.494 e. The third-order valence-electron chi connectivity index (χ3n) is 4.61. The summed E-state index contributed by atoms with van der Waals surface area (Å²) in [5.74, 6) is 1.20. The van der Waals surface area contributed by atoms with E-state index in [2.05, 4.69) is 38.2 Å². The Balaban J connectivity index is 1.56. The third kappa shape index (κ3) is 4.80. The number of ether oxygens (including phenoxy) is 1. The number of aromatic nitrogens is 5. The van der Waals surface area contributed by atoms with Gasteiger partial charge in [0.25, 0.3) is 0 Å². The number of benzene rings is 1. The Labute approximate surface area is 191 Å². The molecule has 0 atom stereocenters. The van der Waals surface area contributed by atoms with Gasteiger partial charge in [0.05, 0.1) is 31.2 Å². The average Bonchev–Trinajstić information content (AvgIpc) is 3.27. The van der Waals surface area contributed by atoms with E-state index in [1.807, 2.05) is 49.0 Å². The lowest BCUT2D eigenvalue weighted by molar-refractivity contribution is 0.250. The Morgan fingerprint density at radius 2 is 2.06 bits per heavy atom. The van der Waals surface area contributed by atoms with Crippen molar-refractivity contribution in [2.45, 2.75) is 20.4 Å². The molecule has 0 fully saturated rings. The summed E-state index contributed by atoms with van der Waals surface area (Å²) in [5, 5.41) is 7.13. The number of amides is 2. The minimum atomic E-state index is -0.360. The number of nitrogens with zero attached hydrogens (tertiary/aromatic N) is 6. The number of thiol groups is 1. The molecule has 0 aliphatic heterocycles. The topological polar surface area (TPSA) is 98.1 Å². The first-order valence-corrected chi connectivity index (χ1v) is 10.6. The van der Waals surface area contributed by atoms with Crippen LogP contribution in [0.3, 0.4) is 0 Å². The van der Waals surface area contributed by atoms with Crippen LogP contribution in [0.1, 0.15) is 19.4 Å². The number of hydrogen-bond donors (Lipinski definition) is 2. The van der Waals surface area contributed by atoms with E-state index in [0.29, 0.717) is 42.4 Å². The summed E-state index contributed by atoms with van der Waals surface area (Å²) in [6.07, 6.45) is 5.33. The molecule has 0 spiro atoms. The summed E-state index contributed by atoms with van der Waals surface area (Å²) in [6, 6.07) is 11.0. The van der Waals surface area contributed by atoms with Gasteiger partial charge in [0.1, 0.15) is 17.1 Å². The van der Waals surface area contributed by atoms with Gasteiger partial charge in [-0.05, 0) is 43.7 Å². The van der Waals surface area contributed by atoms with Gasteiger partial charge in [-0.3, -0.25) is 9.67 Å². The lowest BCUT2D eigenvalue weighted by atomic mass is 10.2. The molecule has 0 radical (unpaired) electrons. The van der Waals surface area contributed by atoms with Crippen LogP contribution >= 0.6 is 12.8 Å². The Morgan fingerprint density at radius 1 is 1.19 bits per heavy atom. The van der Waals surface area contributed by atoms with Gasteiger partial charge in [0.2, 0.25) is 0 Å². The van der Waals surface area contributed by atoms with Crippen LogP contribution in [0.4, 0.5) is 10.6 Å². The maximum absolute atomic E-state index is 12.0. The van der Waals surface area contributed by atoms with Crippen LogP contribution in [-0.4, -0.2) is 43.9 Å². The molecular formula is C22H23N7O2S. The number of nitrogens with one attached hydrogen (secondary N) is 1. The summed E-state index contributed by atoms with van der Waals surface area (Å²) in [6.45, 7) is 5.52. The molecule has 164 valence electrons. The minimum absolute atomic E-state index is 0.360. The summed E-state index contributed by atoms with van der Waals surface area (Å²) in [5.41, 5.74) is 3.58. The predicted molar refractivity (Wildman–Crippen MR) is 126 cm³/mol. The Kier molecular flexibility index (Phi) is 6.50. The van der Waals surface area contributed by atoms with Crippen molar-refractivity contribution in [1.29, 1.82) is 0 Å². The molecule has 0 unspecified atom stereocenters. The highest BCUT2D eigenvalue weighted by molar-refractivity contribution is 7.82. The zero-order valence-corrected chi connectivity index (χ0v) is 18.7. The van der Waals surface area contributed by atoms with Gasteiger partial charge in [-0.15, -0.1) is 0 Å². The second-order valence-electron chi connectivity index (χ2n) is 6.92. The van der Waals surface area contributed by atoms with E-state index in [-0.39, 0.29) is 6.03 Å². The van der Waals surface area contributed by atoms with Gasteiger partial charge in [-0.25, -0.2) is 19.1 Å². The Bertz CT molecular complexity index is 1240. The molecule has 0 bridgehead atoms. The molecule has 3 aromatic heterocycles. The van der Waals surface area contributed by atoms with Gasteiger partial charge in [0.15, 0.2) is 5.65 Å². The molecule has 32 heavy (non-hydrogen) atoms. The van der Waals surface area contributed by atoms with Gasteiger partial charge in [-0.1, -0.05) is 24.9 Å². The fourth-order valence-electron chi connectivity index (χ4n) is 3.14. The maximum Gasteiger partial charge on any atom is 0.333 e. The van der Waals surface area contributed by atoms with Crippen molar-refractivity contribution in [2.75, 3.05) is 17.5 Å². The summed E-state index contributed by atoms with van der Waals surface area (Å²) in [7, 11) is 0. The number of hydrogen-bond acceptors (Lipinski definition) is 7. The van der Waals surface area contributed by atoms with Gasteiger partial charge >= 0.3 is 6.03 Å². The molecule has 1 N–H and O–H groups in total. The lowest BCUT2D eigenvalue weighted by Crippen LogP contribution is -2.34. The summed E-state index contributed by atoms with van der Waals surface area (Å²) in [4.78, 5) is 25.5. The van der Waals surface area contributed by atoms with Crippen molar-refractivity contribution in [3.8, 4) is 17.0 Å². The van der Waals surface area contributed by atoms with Gasteiger partial charge in [0, 0.05) is 18.3 Å². The molecule has 2 amide bonds. The molecule has 3 heterocycles. The van der Waals surface area contributed by atoms with E-state index >= 15 is 0 Å². The normalized spacial score (nSPS) is 10.8. The fraction of sp³-hybridized carbons (Fsp3) is 0.227. The zero-order chi connectivity index (χ0) is 22.5.